The third-order valence-electron chi connectivity index (χ3n) is 1.12. The van der Waals surface area contributed by atoms with Gasteiger partial charge in [0.1, 0.15) is 0 Å². The summed E-state index contributed by atoms with van der Waals surface area (Å²) in [4.78, 5) is 9.81. The molecule has 0 amide bonds. The van der Waals surface area contributed by atoms with Gasteiger partial charge in [0.05, 0.1) is 6.54 Å². The van der Waals surface area contributed by atoms with Crippen LogP contribution >= 0.6 is 0 Å². The van der Waals surface area contributed by atoms with E-state index in [1.54, 1.807) is 0 Å². The van der Waals surface area contributed by atoms with Crippen LogP contribution in [0.2, 0.25) is 0 Å². The normalized spacial score (nSPS) is 11.4. The van der Waals surface area contributed by atoms with Crippen LogP contribution in [0, 0.1) is 4.91 Å². The number of nitrogens with one attached hydrogen (secondary N) is 1. The minimum absolute atomic E-state index is 0.128. The Labute approximate surface area is 55.8 Å². The molecule has 0 aliphatic heterocycles. The highest BCUT2D eigenvalue weighted by Crippen LogP contribution is 2.00. The second-order valence-electron chi connectivity index (χ2n) is 2.70. The fourth-order valence-electron chi connectivity index (χ4n) is 0.696. The van der Waals surface area contributed by atoms with E-state index < -0.39 is 0 Å². The Kier molecular flexibility index (Phi) is 3.39. The van der Waals surface area contributed by atoms with E-state index in [2.05, 4.69) is 10.5 Å². The molecule has 0 aromatic rings. The van der Waals surface area contributed by atoms with Gasteiger partial charge in [-0.1, -0.05) is 12.1 Å². The molecule has 0 aliphatic rings. The van der Waals surface area contributed by atoms with Gasteiger partial charge in [-0.2, -0.15) is 4.91 Å². The van der Waals surface area contributed by atoms with Crippen LogP contribution in [0.1, 0.15) is 20.8 Å². The van der Waals surface area contributed by atoms with Gasteiger partial charge in [0.15, 0.2) is 0 Å². The van der Waals surface area contributed by atoms with E-state index in [1.165, 1.54) is 0 Å². The van der Waals surface area contributed by atoms with Crippen molar-refractivity contribution in [2.75, 3.05) is 13.1 Å². The first-order valence-electron chi connectivity index (χ1n) is 3.16. The molecular formula is C6H14N2O. The molecule has 0 fully saturated rings. The zero-order valence-electron chi connectivity index (χ0n) is 6.27. The van der Waals surface area contributed by atoms with Gasteiger partial charge in [0.25, 0.3) is 0 Å². The summed E-state index contributed by atoms with van der Waals surface area (Å²) >= 11 is 0. The predicted molar refractivity (Wildman–Crippen MR) is 38.4 cm³/mol. The van der Waals surface area contributed by atoms with Crippen LogP contribution in [0.25, 0.3) is 0 Å². The predicted octanol–water partition coefficient (Wildman–Crippen LogP) is 1.14. The summed E-state index contributed by atoms with van der Waals surface area (Å²) in [5.41, 5.74) is -0.128. The van der Waals surface area contributed by atoms with Gasteiger partial charge in [-0.15, -0.1) is 0 Å². The van der Waals surface area contributed by atoms with E-state index in [4.69, 9.17) is 0 Å². The quantitative estimate of drug-likeness (QED) is 0.580. The molecule has 0 aliphatic carbocycles. The molecule has 0 radical (unpaired) electrons. The molecule has 0 aromatic heterocycles. The van der Waals surface area contributed by atoms with Gasteiger partial charge in [0.2, 0.25) is 0 Å². The lowest BCUT2D eigenvalue weighted by molar-refractivity contribution is 0.410. The Morgan fingerprint density at radius 3 is 2.44 bits per heavy atom. The number of nitrogens with zero attached hydrogens (tertiary/aromatic N) is 1. The molecule has 3 heteroatoms. The van der Waals surface area contributed by atoms with E-state index in [0.29, 0.717) is 6.54 Å². The summed E-state index contributed by atoms with van der Waals surface area (Å²) in [6.07, 6.45) is 0. The fraction of sp³-hybridized carbons (Fsp3) is 1.00. The maximum absolute atomic E-state index is 9.81. The molecule has 0 bridgehead atoms. The van der Waals surface area contributed by atoms with Crippen molar-refractivity contribution in [1.29, 1.82) is 0 Å². The molecule has 0 atom stereocenters. The zero-order valence-corrected chi connectivity index (χ0v) is 6.27. The van der Waals surface area contributed by atoms with Gasteiger partial charge in [-0.3, -0.25) is 0 Å². The number of hydrogen-bond acceptors (Lipinski definition) is 3. The Morgan fingerprint density at radius 1 is 1.56 bits per heavy atom. The van der Waals surface area contributed by atoms with Gasteiger partial charge in [0, 0.05) is 5.54 Å². The van der Waals surface area contributed by atoms with Crippen LogP contribution in [0.3, 0.4) is 0 Å². The third kappa shape index (κ3) is 4.09. The summed E-state index contributed by atoms with van der Waals surface area (Å²) < 4.78 is 0. The molecule has 0 saturated carbocycles. The first kappa shape index (κ1) is 8.56. The van der Waals surface area contributed by atoms with Crippen molar-refractivity contribution in [3.8, 4) is 0 Å². The molecular weight excluding hydrogens is 116 g/mol. The second-order valence-corrected chi connectivity index (χ2v) is 2.70. The van der Waals surface area contributed by atoms with Gasteiger partial charge in [-0.05, 0) is 20.4 Å². The SMILES string of the molecule is CCNC(C)(C)CN=O. The number of likely N-dealkylation sites (N-methyl/N-ethyl adjacent to an activating group) is 1. The Balaban J connectivity index is 3.55. The molecule has 9 heavy (non-hydrogen) atoms. The maximum atomic E-state index is 9.81. The zero-order chi connectivity index (χ0) is 7.33. The lowest BCUT2D eigenvalue weighted by Gasteiger charge is -2.21. The second kappa shape index (κ2) is 3.56. The lowest BCUT2D eigenvalue weighted by Crippen LogP contribution is -2.41. The van der Waals surface area contributed by atoms with E-state index in [9.17, 15) is 4.91 Å². The molecule has 3 nitrogen and oxygen atoms in total. The van der Waals surface area contributed by atoms with E-state index >= 15 is 0 Å². The smallest absolute Gasteiger partial charge is 0.0987 e. The number of rotatable bonds is 4. The molecule has 54 valence electrons. The van der Waals surface area contributed by atoms with E-state index in [-0.39, 0.29) is 5.54 Å². The van der Waals surface area contributed by atoms with Crippen LogP contribution in [-0.4, -0.2) is 18.6 Å². The van der Waals surface area contributed by atoms with Crippen molar-refractivity contribution >= 4 is 0 Å². The molecule has 0 rings (SSSR count). The molecule has 0 unspecified atom stereocenters. The van der Waals surface area contributed by atoms with Crippen molar-refractivity contribution in [3.05, 3.63) is 4.91 Å². The van der Waals surface area contributed by atoms with Crippen LogP contribution < -0.4 is 5.32 Å². The van der Waals surface area contributed by atoms with Gasteiger partial charge < -0.3 is 5.32 Å². The van der Waals surface area contributed by atoms with Gasteiger partial charge in [-0.25, -0.2) is 0 Å². The maximum Gasteiger partial charge on any atom is 0.0987 e. The minimum Gasteiger partial charge on any atom is -0.310 e. The third-order valence-corrected chi connectivity index (χ3v) is 1.12. The summed E-state index contributed by atoms with van der Waals surface area (Å²) in [5, 5.41) is 5.94. The van der Waals surface area contributed by atoms with Gasteiger partial charge >= 0.3 is 0 Å². The average Bonchev–Trinajstić information content (AvgIpc) is 1.64. The van der Waals surface area contributed by atoms with Crippen LogP contribution in [0.5, 0.6) is 0 Å². The summed E-state index contributed by atoms with van der Waals surface area (Å²) in [6.45, 7) is 7.13. The fourth-order valence-corrected chi connectivity index (χ4v) is 0.696. The van der Waals surface area contributed by atoms with Crippen molar-refractivity contribution in [2.45, 2.75) is 26.3 Å². The highest BCUT2D eigenvalue weighted by Gasteiger charge is 2.14. The Hall–Kier alpha value is -0.440. The molecule has 0 spiro atoms. The topological polar surface area (TPSA) is 41.5 Å². The van der Waals surface area contributed by atoms with Crippen molar-refractivity contribution in [1.82, 2.24) is 5.32 Å². The number of hydrogen-bond donors (Lipinski definition) is 1. The summed E-state index contributed by atoms with van der Waals surface area (Å²) in [7, 11) is 0. The Morgan fingerprint density at radius 2 is 2.11 bits per heavy atom. The lowest BCUT2D eigenvalue weighted by atomic mass is 10.1. The monoisotopic (exact) mass is 130 g/mol. The van der Waals surface area contributed by atoms with Crippen LogP contribution in [-0.2, 0) is 0 Å². The van der Waals surface area contributed by atoms with E-state index in [0.717, 1.165) is 6.54 Å². The van der Waals surface area contributed by atoms with Crippen molar-refractivity contribution < 1.29 is 0 Å². The number of nitroso groups, excluding NO2 is 1. The largest absolute Gasteiger partial charge is 0.310 e. The van der Waals surface area contributed by atoms with Crippen LogP contribution in [0.4, 0.5) is 0 Å². The van der Waals surface area contributed by atoms with E-state index in [1.807, 2.05) is 20.8 Å². The standard InChI is InChI=1S/C6H14N2O/c1-4-7-6(2,3)5-8-9/h7H,4-5H2,1-3H3. The first-order chi connectivity index (χ1) is 4.12. The van der Waals surface area contributed by atoms with Crippen molar-refractivity contribution in [2.24, 2.45) is 5.18 Å². The molecule has 0 saturated heterocycles. The highest BCUT2D eigenvalue weighted by molar-refractivity contribution is 4.78. The van der Waals surface area contributed by atoms with Crippen LogP contribution in [0.15, 0.2) is 5.18 Å². The minimum atomic E-state index is -0.128. The Bertz CT molecular complexity index is 91.1. The molecule has 0 heterocycles. The summed E-state index contributed by atoms with van der Waals surface area (Å²) in [6, 6.07) is 0. The molecule has 0 aromatic carbocycles. The summed E-state index contributed by atoms with van der Waals surface area (Å²) in [5.74, 6) is 0. The molecule has 1 N–H and O–H groups in total. The first-order valence-corrected chi connectivity index (χ1v) is 3.16. The average molecular weight is 130 g/mol. The highest BCUT2D eigenvalue weighted by atomic mass is 16.3. The van der Waals surface area contributed by atoms with Crippen molar-refractivity contribution in [3.63, 3.8) is 0 Å².